The molecule has 1 aromatic carbocycles. The normalized spacial score (nSPS) is 22.4. The quantitative estimate of drug-likeness (QED) is 0.637. The number of hydrogen-bond acceptors (Lipinski definition) is 6. The summed E-state index contributed by atoms with van der Waals surface area (Å²) in [5.41, 5.74) is 1.19. The Balaban J connectivity index is 1.69. The highest BCUT2D eigenvalue weighted by Gasteiger charge is 2.38. The Labute approximate surface area is 207 Å². The van der Waals surface area contributed by atoms with Gasteiger partial charge in [-0.05, 0) is 50.1 Å². The SMILES string of the molecule is C[C@H](CO)N1C[C@H](C)[C@H](CN(C)C(=O)c2ccncc2)Oc2cc(C#CC3CC3)ccc2S1(=O)=O. The third-order valence-electron chi connectivity index (χ3n) is 6.39. The van der Waals surface area contributed by atoms with E-state index < -0.39 is 22.2 Å². The summed E-state index contributed by atoms with van der Waals surface area (Å²) in [6.07, 6.45) is 4.83. The summed E-state index contributed by atoms with van der Waals surface area (Å²) in [5, 5.41) is 9.78. The first-order valence-corrected chi connectivity index (χ1v) is 13.2. The van der Waals surface area contributed by atoms with Crippen molar-refractivity contribution in [3.63, 3.8) is 0 Å². The maximum absolute atomic E-state index is 13.6. The van der Waals surface area contributed by atoms with Crippen LogP contribution in [-0.4, -0.2) is 72.5 Å². The highest BCUT2D eigenvalue weighted by atomic mass is 32.2. The van der Waals surface area contributed by atoms with Crippen molar-refractivity contribution in [3.8, 4) is 17.6 Å². The standard InChI is InChI=1S/C26H31N3O5S/c1-18-15-29(19(2)17-30)35(32,33)25-9-8-21(7-6-20-4-5-20)14-23(25)34-24(18)16-28(3)26(31)22-10-12-27-13-11-22/h8-14,18-20,24,30H,4-5,15-17H2,1-3H3/t18-,19+,24-/m0/s1. The van der Waals surface area contributed by atoms with E-state index in [-0.39, 0.29) is 42.2 Å². The summed E-state index contributed by atoms with van der Waals surface area (Å²) in [5.74, 6) is 6.49. The summed E-state index contributed by atoms with van der Waals surface area (Å²) in [6, 6.07) is 7.57. The Bertz CT molecular complexity index is 1230. The molecule has 4 rings (SSSR count). The number of hydrogen-bond donors (Lipinski definition) is 1. The zero-order chi connectivity index (χ0) is 25.2. The van der Waals surface area contributed by atoms with Gasteiger partial charge in [-0.1, -0.05) is 18.8 Å². The Morgan fingerprint density at radius 3 is 2.66 bits per heavy atom. The Morgan fingerprint density at radius 2 is 2.00 bits per heavy atom. The second-order valence-corrected chi connectivity index (χ2v) is 11.2. The second kappa shape index (κ2) is 10.4. The smallest absolute Gasteiger partial charge is 0.253 e. The Kier molecular flexibility index (Phi) is 7.45. The summed E-state index contributed by atoms with van der Waals surface area (Å²) < 4.78 is 34.8. The van der Waals surface area contributed by atoms with Gasteiger partial charge in [-0.2, -0.15) is 4.31 Å². The maximum Gasteiger partial charge on any atom is 0.253 e. The first kappa shape index (κ1) is 25.2. The van der Waals surface area contributed by atoms with Gasteiger partial charge < -0.3 is 14.7 Å². The van der Waals surface area contributed by atoms with Crippen LogP contribution in [0.1, 0.15) is 42.6 Å². The Hall–Kier alpha value is -2.93. The van der Waals surface area contributed by atoms with Gasteiger partial charge in [0, 0.05) is 55.0 Å². The van der Waals surface area contributed by atoms with Gasteiger partial charge in [0.15, 0.2) is 0 Å². The molecule has 1 saturated carbocycles. The number of nitrogens with zero attached hydrogens (tertiary/aromatic N) is 3. The molecule has 8 nitrogen and oxygen atoms in total. The predicted octanol–water partition coefficient (Wildman–Crippen LogP) is 2.38. The molecule has 2 aliphatic rings. The number of rotatable bonds is 5. The molecule has 0 radical (unpaired) electrons. The van der Waals surface area contributed by atoms with Crippen LogP contribution < -0.4 is 4.74 Å². The van der Waals surface area contributed by atoms with Gasteiger partial charge in [0.2, 0.25) is 10.0 Å². The number of carbonyl (C=O) groups is 1. The molecule has 2 aromatic rings. The van der Waals surface area contributed by atoms with Crippen LogP contribution in [0.25, 0.3) is 0 Å². The van der Waals surface area contributed by atoms with Crippen molar-refractivity contribution < 1.29 is 23.1 Å². The average molecular weight is 498 g/mol. The fourth-order valence-corrected chi connectivity index (χ4v) is 5.83. The summed E-state index contributed by atoms with van der Waals surface area (Å²) in [4.78, 5) is 18.5. The number of ether oxygens (including phenoxy) is 1. The van der Waals surface area contributed by atoms with Crippen molar-refractivity contribution in [2.45, 2.75) is 43.7 Å². The topological polar surface area (TPSA) is 100 Å². The van der Waals surface area contributed by atoms with Gasteiger partial charge in [0.05, 0.1) is 13.2 Å². The first-order valence-electron chi connectivity index (χ1n) is 11.8. The number of benzene rings is 1. The molecule has 186 valence electrons. The van der Waals surface area contributed by atoms with Crippen molar-refractivity contribution in [1.29, 1.82) is 0 Å². The van der Waals surface area contributed by atoms with Crippen molar-refractivity contribution in [2.24, 2.45) is 11.8 Å². The number of sulfonamides is 1. The monoisotopic (exact) mass is 497 g/mol. The molecule has 1 fully saturated rings. The molecule has 0 unspecified atom stereocenters. The van der Waals surface area contributed by atoms with E-state index >= 15 is 0 Å². The minimum absolute atomic E-state index is 0.0368. The van der Waals surface area contributed by atoms with Crippen LogP contribution >= 0.6 is 0 Å². The zero-order valence-corrected chi connectivity index (χ0v) is 21.0. The number of amides is 1. The predicted molar refractivity (Wildman–Crippen MR) is 131 cm³/mol. The van der Waals surface area contributed by atoms with Gasteiger partial charge in [-0.15, -0.1) is 0 Å². The highest BCUT2D eigenvalue weighted by molar-refractivity contribution is 7.89. The van der Waals surface area contributed by atoms with Gasteiger partial charge >= 0.3 is 0 Å². The van der Waals surface area contributed by atoms with Crippen molar-refractivity contribution >= 4 is 15.9 Å². The summed E-state index contributed by atoms with van der Waals surface area (Å²) in [6.45, 7) is 3.66. The molecule has 1 aliphatic carbocycles. The van der Waals surface area contributed by atoms with Crippen LogP contribution in [0.3, 0.4) is 0 Å². The minimum Gasteiger partial charge on any atom is -0.487 e. The van der Waals surface area contributed by atoms with Gasteiger partial charge in [-0.25, -0.2) is 8.42 Å². The van der Waals surface area contributed by atoms with E-state index in [1.54, 1.807) is 55.5 Å². The number of aliphatic hydroxyl groups excluding tert-OH is 1. The molecule has 1 N–H and O–H groups in total. The molecule has 1 aromatic heterocycles. The first-order chi connectivity index (χ1) is 16.7. The van der Waals surface area contributed by atoms with Crippen LogP contribution in [0.4, 0.5) is 0 Å². The molecule has 3 atom stereocenters. The van der Waals surface area contributed by atoms with E-state index in [0.717, 1.165) is 12.8 Å². The summed E-state index contributed by atoms with van der Waals surface area (Å²) in [7, 11) is -2.23. The van der Waals surface area contributed by atoms with E-state index in [4.69, 9.17) is 4.74 Å². The van der Waals surface area contributed by atoms with E-state index in [2.05, 4.69) is 16.8 Å². The molecular formula is C26H31N3O5S. The van der Waals surface area contributed by atoms with Gasteiger partial charge in [-0.3, -0.25) is 9.78 Å². The van der Waals surface area contributed by atoms with Crippen molar-refractivity contribution in [3.05, 3.63) is 53.9 Å². The fourth-order valence-electron chi connectivity index (χ4n) is 4.00. The lowest BCUT2D eigenvalue weighted by molar-refractivity contribution is 0.0563. The molecule has 9 heteroatoms. The van der Waals surface area contributed by atoms with E-state index in [0.29, 0.717) is 17.0 Å². The van der Waals surface area contributed by atoms with Crippen LogP contribution in [0.15, 0.2) is 47.6 Å². The maximum atomic E-state index is 13.6. The van der Waals surface area contributed by atoms with E-state index in [1.165, 1.54) is 10.4 Å². The average Bonchev–Trinajstić information content (AvgIpc) is 3.69. The van der Waals surface area contributed by atoms with Crippen molar-refractivity contribution in [1.82, 2.24) is 14.2 Å². The Morgan fingerprint density at radius 1 is 1.29 bits per heavy atom. The van der Waals surface area contributed by atoms with Crippen LogP contribution in [0.2, 0.25) is 0 Å². The summed E-state index contributed by atoms with van der Waals surface area (Å²) >= 11 is 0. The van der Waals surface area contributed by atoms with Crippen LogP contribution in [0, 0.1) is 23.7 Å². The zero-order valence-electron chi connectivity index (χ0n) is 20.2. The van der Waals surface area contributed by atoms with Gasteiger partial charge in [0.25, 0.3) is 5.91 Å². The third kappa shape index (κ3) is 5.67. The van der Waals surface area contributed by atoms with Gasteiger partial charge in [0.1, 0.15) is 16.7 Å². The molecule has 1 aliphatic heterocycles. The number of likely N-dealkylation sites (N-methyl/N-ethyl adjacent to an activating group) is 1. The molecule has 1 amide bonds. The molecular weight excluding hydrogens is 466 g/mol. The molecule has 35 heavy (non-hydrogen) atoms. The molecule has 0 spiro atoms. The molecule has 0 bridgehead atoms. The lowest BCUT2D eigenvalue weighted by atomic mass is 10.0. The number of carbonyl (C=O) groups excluding carboxylic acids is 1. The second-order valence-electron chi connectivity index (χ2n) is 9.37. The van der Waals surface area contributed by atoms with Crippen LogP contribution in [0.5, 0.6) is 5.75 Å². The fraction of sp³-hybridized carbons (Fsp3) is 0.462. The minimum atomic E-state index is -3.92. The molecule has 2 heterocycles. The number of aromatic nitrogens is 1. The molecule has 0 saturated heterocycles. The largest absolute Gasteiger partial charge is 0.487 e. The van der Waals surface area contributed by atoms with E-state index in [9.17, 15) is 18.3 Å². The number of fused-ring (bicyclic) bond motifs is 1. The number of pyridine rings is 1. The van der Waals surface area contributed by atoms with E-state index in [1.807, 2.05) is 6.92 Å². The van der Waals surface area contributed by atoms with Crippen molar-refractivity contribution in [2.75, 3.05) is 26.7 Å². The third-order valence-corrected chi connectivity index (χ3v) is 8.41. The lowest BCUT2D eigenvalue weighted by Crippen LogP contribution is -2.50. The van der Waals surface area contributed by atoms with Crippen LogP contribution in [-0.2, 0) is 10.0 Å². The number of aliphatic hydroxyl groups is 1. The highest BCUT2D eigenvalue weighted by Crippen LogP contribution is 2.34. The lowest BCUT2D eigenvalue weighted by Gasteiger charge is -2.37.